The average molecular weight is 281 g/mol. The molecule has 0 bridgehead atoms. The molecule has 19 heavy (non-hydrogen) atoms. The minimum atomic E-state index is -0.131. The summed E-state index contributed by atoms with van der Waals surface area (Å²) in [7, 11) is 0. The van der Waals surface area contributed by atoms with Gasteiger partial charge in [-0.2, -0.15) is 11.8 Å². The predicted octanol–water partition coefficient (Wildman–Crippen LogP) is 3.63. The SMILES string of the molecule is CCCC(=O)N1CCSC(c2ccccc2F)CC1. The minimum absolute atomic E-state index is 0.131. The summed E-state index contributed by atoms with van der Waals surface area (Å²) in [6, 6.07) is 6.97. The van der Waals surface area contributed by atoms with Crippen molar-refractivity contribution in [2.24, 2.45) is 0 Å². The second kappa shape index (κ2) is 6.94. The van der Waals surface area contributed by atoms with Crippen molar-refractivity contribution >= 4 is 17.7 Å². The Morgan fingerprint density at radius 1 is 1.42 bits per heavy atom. The summed E-state index contributed by atoms with van der Waals surface area (Å²) < 4.78 is 13.8. The van der Waals surface area contributed by atoms with Crippen molar-refractivity contribution in [3.63, 3.8) is 0 Å². The first kappa shape index (κ1) is 14.4. The molecule has 2 nitrogen and oxygen atoms in total. The number of halogens is 1. The number of nitrogens with zero attached hydrogens (tertiary/aromatic N) is 1. The largest absolute Gasteiger partial charge is 0.342 e. The lowest BCUT2D eigenvalue weighted by molar-refractivity contribution is -0.131. The van der Waals surface area contributed by atoms with E-state index in [0.717, 1.165) is 37.2 Å². The van der Waals surface area contributed by atoms with Gasteiger partial charge in [0.2, 0.25) is 5.91 Å². The van der Waals surface area contributed by atoms with Crippen LogP contribution < -0.4 is 0 Å². The molecule has 1 amide bonds. The molecule has 0 saturated carbocycles. The van der Waals surface area contributed by atoms with Crippen LogP contribution in [0.5, 0.6) is 0 Å². The first-order chi connectivity index (χ1) is 9.22. The van der Waals surface area contributed by atoms with Gasteiger partial charge >= 0.3 is 0 Å². The Kier molecular flexibility index (Phi) is 5.25. The van der Waals surface area contributed by atoms with Gasteiger partial charge in [-0.05, 0) is 18.9 Å². The first-order valence-corrected chi connectivity index (χ1v) is 7.91. The Balaban J connectivity index is 2.01. The molecule has 1 aliphatic heterocycles. The molecule has 1 unspecified atom stereocenters. The van der Waals surface area contributed by atoms with Crippen molar-refractivity contribution in [1.82, 2.24) is 4.90 Å². The molecule has 0 aromatic heterocycles. The van der Waals surface area contributed by atoms with Gasteiger partial charge < -0.3 is 4.90 Å². The maximum absolute atomic E-state index is 13.8. The van der Waals surface area contributed by atoms with Gasteiger partial charge in [-0.3, -0.25) is 4.79 Å². The molecule has 1 saturated heterocycles. The minimum Gasteiger partial charge on any atom is -0.342 e. The molecule has 2 rings (SSSR count). The van der Waals surface area contributed by atoms with E-state index in [2.05, 4.69) is 0 Å². The van der Waals surface area contributed by atoms with E-state index in [0.29, 0.717) is 6.42 Å². The summed E-state index contributed by atoms with van der Waals surface area (Å²) in [5.41, 5.74) is 0.775. The highest BCUT2D eigenvalue weighted by atomic mass is 32.2. The highest BCUT2D eigenvalue weighted by molar-refractivity contribution is 7.99. The highest BCUT2D eigenvalue weighted by Gasteiger charge is 2.23. The lowest BCUT2D eigenvalue weighted by Crippen LogP contribution is -2.32. The molecule has 0 radical (unpaired) electrons. The maximum Gasteiger partial charge on any atom is 0.222 e. The van der Waals surface area contributed by atoms with Crippen LogP contribution in [0.3, 0.4) is 0 Å². The summed E-state index contributed by atoms with van der Waals surface area (Å²) in [5.74, 6) is 0.986. The van der Waals surface area contributed by atoms with Crippen LogP contribution in [-0.2, 0) is 4.79 Å². The molecule has 4 heteroatoms. The number of rotatable bonds is 3. The van der Waals surface area contributed by atoms with Gasteiger partial charge in [-0.25, -0.2) is 4.39 Å². The fraction of sp³-hybridized carbons (Fsp3) is 0.533. The van der Waals surface area contributed by atoms with Crippen molar-refractivity contribution in [3.8, 4) is 0 Å². The van der Waals surface area contributed by atoms with Gasteiger partial charge in [0.1, 0.15) is 5.82 Å². The molecular weight excluding hydrogens is 261 g/mol. The number of thioether (sulfide) groups is 1. The van der Waals surface area contributed by atoms with Gasteiger partial charge in [0, 0.05) is 36.1 Å². The van der Waals surface area contributed by atoms with Crippen molar-refractivity contribution in [2.45, 2.75) is 31.4 Å². The van der Waals surface area contributed by atoms with Crippen molar-refractivity contribution in [2.75, 3.05) is 18.8 Å². The summed E-state index contributed by atoms with van der Waals surface area (Å²) in [5, 5.41) is 0.167. The topological polar surface area (TPSA) is 20.3 Å². The zero-order valence-electron chi connectivity index (χ0n) is 11.3. The predicted molar refractivity (Wildman–Crippen MR) is 77.7 cm³/mol. The quantitative estimate of drug-likeness (QED) is 0.843. The molecule has 104 valence electrons. The van der Waals surface area contributed by atoms with E-state index in [1.54, 1.807) is 17.8 Å². The third-order valence-corrected chi connectivity index (χ3v) is 4.72. The van der Waals surface area contributed by atoms with Crippen LogP contribution >= 0.6 is 11.8 Å². The van der Waals surface area contributed by atoms with E-state index < -0.39 is 0 Å². The van der Waals surface area contributed by atoms with Crippen molar-refractivity contribution < 1.29 is 9.18 Å². The van der Waals surface area contributed by atoms with Gasteiger partial charge in [0.15, 0.2) is 0 Å². The number of benzene rings is 1. The van der Waals surface area contributed by atoms with Crippen LogP contribution in [-0.4, -0.2) is 29.6 Å². The summed E-state index contributed by atoms with van der Waals surface area (Å²) >= 11 is 1.76. The van der Waals surface area contributed by atoms with Gasteiger partial charge in [0.05, 0.1) is 0 Å². The number of hydrogen-bond acceptors (Lipinski definition) is 2. The van der Waals surface area contributed by atoms with Gasteiger partial charge in [-0.1, -0.05) is 25.1 Å². The van der Waals surface area contributed by atoms with E-state index in [-0.39, 0.29) is 17.0 Å². The van der Waals surface area contributed by atoms with Crippen LogP contribution in [0.4, 0.5) is 4.39 Å². The number of hydrogen-bond donors (Lipinski definition) is 0. The Hall–Kier alpha value is -1.03. The zero-order chi connectivity index (χ0) is 13.7. The monoisotopic (exact) mass is 281 g/mol. The second-order valence-corrected chi connectivity index (χ2v) is 6.11. The number of carbonyl (C=O) groups is 1. The fourth-order valence-corrected chi connectivity index (χ4v) is 3.63. The van der Waals surface area contributed by atoms with Gasteiger partial charge in [0.25, 0.3) is 0 Å². The van der Waals surface area contributed by atoms with Crippen LogP contribution in [0, 0.1) is 5.82 Å². The van der Waals surface area contributed by atoms with Crippen LogP contribution in [0.25, 0.3) is 0 Å². The Morgan fingerprint density at radius 3 is 2.95 bits per heavy atom. The van der Waals surface area contributed by atoms with Crippen LogP contribution in [0.2, 0.25) is 0 Å². The molecule has 0 spiro atoms. The molecule has 1 heterocycles. The lowest BCUT2D eigenvalue weighted by atomic mass is 10.1. The second-order valence-electron chi connectivity index (χ2n) is 4.80. The summed E-state index contributed by atoms with van der Waals surface area (Å²) in [6.07, 6.45) is 2.34. The zero-order valence-corrected chi connectivity index (χ0v) is 12.1. The standard InChI is InChI=1S/C15H20FNOS/c1-2-5-15(18)17-9-8-14(19-11-10-17)12-6-3-4-7-13(12)16/h3-4,6-7,14H,2,5,8-11H2,1H3. The molecule has 1 aromatic rings. The molecule has 1 aliphatic rings. The highest BCUT2D eigenvalue weighted by Crippen LogP contribution is 2.35. The van der Waals surface area contributed by atoms with E-state index >= 15 is 0 Å². The van der Waals surface area contributed by atoms with E-state index in [4.69, 9.17) is 0 Å². The van der Waals surface area contributed by atoms with E-state index in [1.165, 1.54) is 6.07 Å². The first-order valence-electron chi connectivity index (χ1n) is 6.86. The fourth-order valence-electron chi connectivity index (χ4n) is 2.38. The Bertz CT molecular complexity index is 438. The van der Waals surface area contributed by atoms with Crippen LogP contribution in [0.1, 0.15) is 37.0 Å². The summed E-state index contributed by atoms with van der Waals surface area (Å²) in [6.45, 7) is 3.55. The molecule has 1 atom stereocenters. The Morgan fingerprint density at radius 2 is 2.21 bits per heavy atom. The summed E-state index contributed by atoms with van der Waals surface area (Å²) in [4.78, 5) is 13.8. The Labute approximate surface area is 118 Å². The van der Waals surface area contributed by atoms with E-state index in [9.17, 15) is 9.18 Å². The average Bonchev–Trinajstić information content (AvgIpc) is 2.65. The maximum atomic E-state index is 13.8. The smallest absolute Gasteiger partial charge is 0.222 e. The molecular formula is C15H20FNOS. The van der Waals surface area contributed by atoms with Crippen molar-refractivity contribution in [1.29, 1.82) is 0 Å². The third-order valence-electron chi connectivity index (χ3n) is 3.41. The third kappa shape index (κ3) is 3.72. The van der Waals surface area contributed by atoms with Gasteiger partial charge in [-0.15, -0.1) is 0 Å². The molecule has 0 aliphatic carbocycles. The molecule has 1 fully saturated rings. The normalized spacial score (nSPS) is 20.1. The molecule has 1 aromatic carbocycles. The van der Waals surface area contributed by atoms with E-state index in [1.807, 2.05) is 24.0 Å². The number of carbonyl (C=O) groups excluding carboxylic acids is 1. The van der Waals surface area contributed by atoms with Crippen LogP contribution in [0.15, 0.2) is 24.3 Å². The lowest BCUT2D eigenvalue weighted by Gasteiger charge is -2.20. The van der Waals surface area contributed by atoms with Crippen molar-refractivity contribution in [3.05, 3.63) is 35.6 Å². The molecule has 0 N–H and O–H groups in total. The number of amides is 1.